The number of amides is 2. The number of nitrogens with two attached hydrogens (primary N) is 1. The van der Waals surface area contributed by atoms with E-state index in [0.29, 0.717) is 18.7 Å². The van der Waals surface area contributed by atoms with E-state index in [1.165, 1.54) is 0 Å². The molecule has 18 heavy (non-hydrogen) atoms. The first-order chi connectivity index (χ1) is 8.66. The molecule has 0 saturated carbocycles. The van der Waals surface area contributed by atoms with Gasteiger partial charge in [0.1, 0.15) is 12.1 Å². The van der Waals surface area contributed by atoms with Crippen LogP contribution in [0.3, 0.4) is 0 Å². The lowest BCUT2D eigenvalue weighted by molar-refractivity contribution is -0.134. The third-order valence-electron chi connectivity index (χ3n) is 3.26. The molecule has 6 nitrogen and oxygen atoms in total. The molecule has 0 aliphatic carbocycles. The van der Waals surface area contributed by atoms with Gasteiger partial charge < -0.3 is 5.73 Å². The van der Waals surface area contributed by atoms with Gasteiger partial charge in [-0.15, -0.1) is 0 Å². The molecule has 1 atom stereocenters. The monoisotopic (exact) mass is 244 g/mol. The van der Waals surface area contributed by atoms with Crippen LogP contribution in [0, 0.1) is 0 Å². The molecule has 1 saturated heterocycles. The summed E-state index contributed by atoms with van der Waals surface area (Å²) < 4.78 is 1.74. The van der Waals surface area contributed by atoms with Crippen LogP contribution in [-0.2, 0) is 9.59 Å². The van der Waals surface area contributed by atoms with Crippen molar-refractivity contribution in [2.24, 2.45) is 0 Å². The number of hydrogen-bond donors (Lipinski definition) is 2. The number of rotatable bonds is 1. The molecule has 2 amide bonds. The summed E-state index contributed by atoms with van der Waals surface area (Å²) in [6.45, 7) is 0. The number of imide groups is 1. The Morgan fingerprint density at radius 3 is 3.00 bits per heavy atom. The van der Waals surface area contributed by atoms with E-state index in [-0.39, 0.29) is 17.7 Å². The third-order valence-corrected chi connectivity index (χ3v) is 3.26. The molecule has 1 fully saturated rings. The van der Waals surface area contributed by atoms with Gasteiger partial charge in [0.25, 0.3) is 0 Å². The molecule has 1 aliphatic rings. The van der Waals surface area contributed by atoms with Crippen molar-refractivity contribution in [2.45, 2.75) is 18.8 Å². The van der Waals surface area contributed by atoms with E-state index in [1.807, 2.05) is 6.07 Å². The molecule has 0 spiro atoms. The summed E-state index contributed by atoms with van der Waals surface area (Å²) in [6.07, 6.45) is 4.17. The van der Waals surface area contributed by atoms with Gasteiger partial charge in [-0.2, -0.15) is 0 Å². The summed E-state index contributed by atoms with van der Waals surface area (Å²) >= 11 is 0. The summed E-state index contributed by atoms with van der Waals surface area (Å²) in [5.41, 5.74) is 7.49. The minimum absolute atomic E-state index is 0.212. The van der Waals surface area contributed by atoms with Crippen molar-refractivity contribution in [2.75, 3.05) is 5.73 Å². The number of hydrogen-bond acceptors (Lipinski definition) is 4. The van der Waals surface area contributed by atoms with Gasteiger partial charge in [-0.05, 0) is 18.1 Å². The predicted octanol–water partition coefficient (Wildman–Crippen LogP) is 0.437. The molecular weight excluding hydrogens is 232 g/mol. The largest absolute Gasteiger partial charge is 0.385 e. The molecule has 1 aliphatic heterocycles. The maximum absolute atomic E-state index is 11.9. The van der Waals surface area contributed by atoms with E-state index in [9.17, 15) is 9.59 Å². The highest BCUT2D eigenvalue weighted by atomic mass is 16.2. The molecule has 2 aromatic heterocycles. The van der Waals surface area contributed by atoms with E-state index in [2.05, 4.69) is 10.3 Å². The number of pyridine rings is 1. The second-order valence-electron chi connectivity index (χ2n) is 4.37. The molecule has 92 valence electrons. The Labute approximate surface area is 103 Å². The highest BCUT2D eigenvalue weighted by Gasteiger charge is 2.29. The van der Waals surface area contributed by atoms with Crippen molar-refractivity contribution in [3.8, 4) is 0 Å². The highest BCUT2D eigenvalue weighted by molar-refractivity contribution is 6.01. The molecule has 3 rings (SSSR count). The van der Waals surface area contributed by atoms with Gasteiger partial charge in [0, 0.05) is 6.42 Å². The Hall–Kier alpha value is -2.37. The molecule has 3 N–H and O–H groups in total. The molecule has 0 bridgehead atoms. The first kappa shape index (κ1) is 10.8. The average Bonchev–Trinajstić information content (AvgIpc) is 2.81. The number of fused-ring (bicyclic) bond motifs is 1. The van der Waals surface area contributed by atoms with Gasteiger partial charge >= 0.3 is 0 Å². The molecule has 6 heteroatoms. The Morgan fingerprint density at radius 2 is 2.22 bits per heavy atom. The number of nitrogens with zero attached hydrogens (tertiary/aromatic N) is 2. The zero-order valence-corrected chi connectivity index (χ0v) is 9.59. The van der Waals surface area contributed by atoms with Crippen LogP contribution in [0.1, 0.15) is 24.3 Å². The number of anilines is 1. The number of piperidine rings is 1. The minimum Gasteiger partial charge on any atom is -0.385 e. The second kappa shape index (κ2) is 3.83. The van der Waals surface area contributed by atoms with Crippen molar-refractivity contribution in [3.63, 3.8) is 0 Å². The second-order valence-corrected chi connectivity index (χ2v) is 4.37. The Balaban J connectivity index is 2.09. The first-order valence-electron chi connectivity index (χ1n) is 5.71. The number of carbonyl (C=O) groups is 2. The SMILES string of the molecule is Nc1ccc(C2CCC(=O)NC2=O)c2cncn12. The molecule has 0 radical (unpaired) electrons. The van der Waals surface area contributed by atoms with E-state index in [0.717, 1.165) is 11.1 Å². The van der Waals surface area contributed by atoms with E-state index in [1.54, 1.807) is 23.0 Å². The lowest BCUT2D eigenvalue weighted by Crippen LogP contribution is -2.39. The van der Waals surface area contributed by atoms with Crippen molar-refractivity contribution in [1.29, 1.82) is 0 Å². The molecule has 1 unspecified atom stereocenters. The van der Waals surface area contributed by atoms with Crippen molar-refractivity contribution in [3.05, 3.63) is 30.2 Å². The van der Waals surface area contributed by atoms with Gasteiger partial charge in [0.15, 0.2) is 0 Å². The quantitative estimate of drug-likeness (QED) is 0.712. The summed E-state index contributed by atoms with van der Waals surface area (Å²) in [6, 6.07) is 3.57. The van der Waals surface area contributed by atoms with Crippen LogP contribution >= 0.6 is 0 Å². The Kier molecular flexibility index (Phi) is 2.29. The van der Waals surface area contributed by atoms with Crippen molar-refractivity contribution in [1.82, 2.24) is 14.7 Å². The van der Waals surface area contributed by atoms with E-state index in [4.69, 9.17) is 5.73 Å². The number of nitrogen functional groups attached to an aromatic ring is 1. The fraction of sp³-hybridized carbons (Fsp3) is 0.250. The van der Waals surface area contributed by atoms with Crippen LogP contribution < -0.4 is 11.1 Å². The number of aromatic nitrogens is 2. The van der Waals surface area contributed by atoms with E-state index < -0.39 is 0 Å². The van der Waals surface area contributed by atoms with Crippen molar-refractivity contribution < 1.29 is 9.59 Å². The number of carbonyl (C=O) groups excluding carboxylic acids is 2. The maximum atomic E-state index is 11.9. The lowest BCUT2D eigenvalue weighted by atomic mass is 9.90. The Bertz CT molecular complexity index is 647. The van der Waals surface area contributed by atoms with Crippen LogP contribution in [0.5, 0.6) is 0 Å². The summed E-state index contributed by atoms with van der Waals surface area (Å²) in [4.78, 5) is 27.1. The van der Waals surface area contributed by atoms with Gasteiger partial charge in [0.05, 0.1) is 17.6 Å². The van der Waals surface area contributed by atoms with Gasteiger partial charge in [-0.3, -0.25) is 19.3 Å². The smallest absolute Gasteiger partial charge is 0.234 e. The zero-order chi connectivity index (χ0) is 12.7. The Morgan fingerprint density at radius 1 is 1.39 bits per heavy atom. The maximum Gasteiger partial charge on any atom is 0.234 e. The molecule has 0 aromatic carbocycles. The zero-order valence-electron chi connectivity index (χ0n) is 9.59. The average molecular weight is 244 g/mol. The van der Waals surface area contributed by atoms with Gasteiger partial charge in [-0.25, -0.2) is 4.98 Å². The van der Waals surface area contributed by atoms with Crippen LogP contribution in [-0.4, -0.2) is 21.2 Å². The van der Waals surface area contributed by atoms with Gasteiger partial charge in [0.2, 0.25) is 11.8 Å². The summed E-state index contributed by atoms with van der Waals surface area (Å²) in [7, 11) is 0. The topological polar surface area (TPSA) is 89.5 Å². The van der Waals surface area contributed by atoms with Crippen LogP contribution in [0.4, 0.5) is 5.82 Å². The minimum atomic E-state index is -0.317. The van der Waals surface area contributed by atoms with Crippen molar-refractivity contribution >= 4 is 23.1 Å². The van der Waals surface area contributed by atoms with Gasteiger partial charge in [-0.1, -0.05) is 6.07 Å². The fourth-order valence-electron chi connectivity index (χ4n) is 2.34. The van der Waals surface area contributed by atoms with Crippen LogP contribution in [0.25, 0.3) is 5.52 Å². The third kappa shape index (κ3) is 1.54. The fourth-order valence-corrected chi connectivity index (χ4v) is 2.34. The van der Waals surface area contributed by atoms with E-state index >= 15 is 0 Å². The summed E-state index contributed by atoms with van der Waals surface area (Å²) in [5.74, 6) is -0.212. The summed E-state index contributed by atoms with van der Waals surface area (Å²) in [5, 5.41) is 2.36. The molecular formula is C12H12N4O2. The number of imidazole rings is 1. The highest BCUT2D eigenvalue weighted by Crippen LogP contribution is 2.29. The van der Waals surface area contributed by atoms with Crippen LogP contribution in [0.2, 0.25) is 0 Å². The number of nitrogens with one attached hydrogen (secondary N) is 1. The molecule has 2 aromatic rings. The van der Waals surface area contributed by atoms with Crippen LogP contribution in [0.15, 0.2) is 24.7 Å². The lowest BCUT2D eigenvalue weighted by Gasteiger charge is -2.22. The normalized spacial score (nSPS) is 20.1. The first-order valence-corrected chi connectivity index (χ1v) is 5.71. The standard InChI is InChI=1S/C12H12N4O2/c13-10-3-1-7(9-5-14-6-16(9)10)8-2-4-11(17)15-12(8)18/h1,3,5-6,8H,2,4,13H2,(H,15,17,18). The molecule has 3 heterocycles. The predicted molar refractivity (Wildman–Crippen MR) is 64.7 cm³/mol.